The van der Waals surface area contributed by atoms with E-state index < -0.39 is 6.04 Å². The molecule has 0 saturated carbocycles. The summed E-state index contributed by atoms with van der Waals surface area (Å²) in [6, 6.07) is 23.4. The molecule has 1 aliphatic heterocycles. The molecular weight excluding hydrogens is 434 g/mol. The van der Waals surface area contributed by atoms with Crippen LogP contribution in [0.4, 0.5) is 0 Å². The molecule has 1 aromatic heterocycles. The molecule has 178 valence electrons. The lowest BCUT2D eigenvalue weighted by Gasteiger charge is -2.34. The van der Waals surface area contributed by atoms with E-state index in [1.54, 1.807) is 9.80 Å². The Morgan fingerprint density at radius 3 is 2.34 bits per heavy atom. The number of benzene rings is 3. The van der Waals surface area contributed by atoms with E-state index >= 15 is 0 Å². The maximum Gasteiger partial charge on any atom is 0.255 e. The third-order valence-electron chi connectivity index (χ3n) is 7.21. The van der Waals surface area contributed by atoms with Crippen LogP contribution < -0.4 is 0 Å². The van der Waals surface area contributed by atoms with E-state index in [4.69, 9.17) is 0 Å². The summed E-state index contributed by atoms with van der Waals surface area (Å²) in [6.45, 7) is 9.10. The Hall–Kier alpha value is -3.86. The Labute approximate surface area is 206 Å². The standard InChI is InChI=1S/C30H31N3O2/c1-5-32(6-2)29(34)20(4)33-28(22-11-7-8-12-23(22)30(33)35)26-24-13-9-10-14-25(24)31-27(26)21-17-15-19(3)16-18-21/h7-18,20,28,31H,5-6H2,1-4H3. The predicted molar refractivity (Wildman–Crippen MR) is 140 cm³/mol. The largest absolute Gasteiger partial charge is 0.354 e. The number of aromatic amines is 1. The fourth-order valence-electron chi connectivity index (χ4n) is 5.34. The Morgan fingerprint density at radius 2 is 1.63 bits per heavy atom. The molecule has 1 N–H and O–H groups in total. The van der Waals surface area contributed by atoms with Crippen LogP contribution in [-0.2, 0) is 4.79 Å². The second-order valence-corrected chi connectivity index (χ2v) is 9.21. The van der Waals surface area contributed by atoms with Crippen molar-refractivity contribution < 1.29 is 9.59 Å². The number of H-pyrrole nitrogens is 1. The SMILES string of the molecule is CCN(CC)C(=O)C(C)N1C(=O)c2ccccc2C1c1c(-c2ccc(C)cc2)[nH]c2ccccc12. The number of hydrogen-bond acceptors (Lipinski definition) is 2. The number of aromatic nitrogens is 1. The fraction of sp³-hybridized carbons (Fsp3) is 0.267. The highest BCUT2D eigenvalue weighted by Crippen LogP contribution is 2.46. The van der Waals surface area contributed by atoms with E-state index in [1.807, 2.05) is 57.2 Å². The highest BCUT2D eigenvalue weighted by molar-refractivity contribution is 6.04. The highest BCUT2D eigenvalue weighted by Gasteiger charge is 2.44. The number of amides is 2. The number of rotatable bonds is 6. The monoisotopic (exact) mass is 465 g/mol. The minimum absolute atomic E-state index is 0.0297. The number of aryl methyl sites for hydroxylation is 1. The maximum absolute atomic E-state index is 13.8. The number of likely N-dealkylation sites (N-methyl/N-ethyl adjacent to an activating group) is 1. The second kappa shape index (κ2) is 9.06. The van der Waals surface area contributed by atoms with Gasteiger partial charge in [0.15, 0.2) is 0 Å². The van der Waals surface area contributed by atoms with Gasteiger partial charge in [-0.05, 0) is 51.0 Å². The van der Waals surface area contributed by atoms with Gasteiger partial charge in [0.1, 0.15) is 6.04 Å². The summed E-state index contributed by atoms with van der Waals surface area (Å²) in [5.41, 5.74) is 6.87. The Bertz CT molecular complexity index is 1400. The van der Waals surface area contributed by atoms with Crippen LogP contribution in [0, 0.1) is 6.92 Å². The molecule has 35 heavy (non-hydrogen) atoms. The predicted octanol–water partition coefficient (Wildman–Crippen LogP) is 5.95. The van der Waals surface area contributed by atoms with E-state index in [9.17, 15) is 9.59 Å². The van der Waals surface area contributed by atoms with Gasteiger partial charge >= 0.3 is 0 Å². The smallest absolute Gasteiger partial charge is 0.255 e. The van der Waals surface area contributed by atoms with Crippen molar-refractivity contribution in [3.05, 3.63) is 95.1 Å². The Kier molecular flexibility index (Phi) is 5.93. The summed E-state index contributed by atoms with van der Waals surface area (Å²) in [4.78, 5) is 34.5. The van der Waals surface area contributed by atoms with Crippen molar-refractivity contribution in [2.75, 3.05) is 13.1 Å². The molecule has 5 nitrogen and oxygen atoms in total. The van der Waals surface area contributed by atoms with Crippen molar-refractivity contribution >= 4 is 22.7 Å². The van der Waals surface area contributed by atoms with Gasteiger partial charge in [-0.2, -0.15) is 0 Å². The van der Waals surface area contributed by atoms with Crippen LogP contribution >= 0.6 is 0 Å². The molecule has 0 radical (unpaired) electrons. The van der Waals surface area contributed by atoms with Gasteiger partial charge in [0.05, 0.1) is 11.7 Å². The van der Waals surface area contributed by atoms with E-state index in [0.29, 0.717) is 18.7 Å². The van der Waals surface area contributed by atoms with Crippen molar-refractivity contribution in [2.45, 2.75) is 39.8 Å². The van der Waals surface area contributed by atoms with Crippen LogP contribution in [0.3, 0.4) is 0 Å². The molecule has 3 aromatic carbocycles. The van der Waals surface area contributed by atoms with Gasteiger partial charge in [-0.3, -0.25) is 9.59 Å². The number of para-hydroxylation sites is 1. The average molecular weight is 466 g/mol. The quantitative estimate of drug-likeness (QED) is 0.383. The lowest BCUT2D eigenvalue weighted by atomic mass is 9.92. The fourth-order valence-corrected chi connectivity index (χ4v) is 5.34. The molecule has 1 aliphatic rings. The summed E-state index contributed by atoms with van der Waals surface area (Å²) in [5.74, 6) is -0.128. The molecule has 5 rings (SSSR count). The molecule has 2 atom stereocenters. The zero-order chi connectivity index (χ0) is 24.7. The van der Waals surface area contributed by atoms with Gasteiger partial charge in [0.25, 0.3) is 5.91 Å². The molecule has 0 fully saturated rings. The van der Waals surface area contributed by atoms with Crippen LogP contribution in [-0.4, -0.2) is 45.7 Å². The zero-order valence-corrected chi connectivity index (χ0v) is 20.7. The minimum atomic E-state index is -0.598. The molecule has 2 heterocycles. The number of hydrogen-bond donors (Lipinski definition) is 1. The number of nitrogens with one attached hydrogen (secondary N) is 1. The molecule has 0 saturated heterocycles. The molecule has 0 aliphatic carbocycles. The average Bonchev–Trinajstić information content (AvgIpc) is 3.40. The van der Waals surface area contributed by atoms with E-state index in [0.717, 1.165) is 33.3 Å². The Balaban J connectivity index is 1.75. The first-order valence-electron chi connectivity index (χ1n) is 12.3. The maximum atomic E-state index is 13.8. The molecule has 0 bridgehead atoms. The van der Waals surface area contributed by atoms with Gasteiger partial charge in [-0.15, -0.1) is 0 Å². The third kappa shape index (κ3) is 3.72. The van der Waals surface area contributed by atoms with Gasteiger partial charge in [-0.1, -0.05) is 66.2 Å². The van der Waals surface area contributed by atoms with Crippen molar-refractivity contribution in [2.24, 2.45) is 0 Å². The van der Waals surface area contributed by atoms with E-state index in [1.165, 1.54) is 5.56 Å². The van der Waals surface area contributed by atoms with Crippen LogP contribution in [0.25, 0.3) is 22.2 Å². The van der Waals surface area contributed by atoms with Crippen LogP contribution in [0.15, 0.2) is 72.8 Å². The topological polar surface area (TPSA) is 56.4 Å². The van der Waals surface area contributed by atoms with Crippen LogP contribution in [0.1, 0.15) is 53.9 Å². The first kappa shape index (κ1) is 22.9. The van der Waals surface area contributed by atoms with Crippen molar-refractivity contribution in [1.29, 1.82) is 0 Å². The molecule has 4 aromatic rings. The summed E-state index contributed by atoms with van der Waals surface area (Å²) >= 11 is 0. The number of fused-ring (bicyclic) bond motifs is 2. The number of carbonyl (C=O) groups excluding carboxylic acids is 2. The third-order valence-corrected chi connectivity index (χ3v) is 7.21. The molecular formula is C30H31N3O2. The van der Waals surface area contributed by atoms with Gasteiger partial charge < -0.3 is 14.8 Å². The van der Waals surface area contributed by atoms with Crippen LogP contribution in [0.5, 0.6) is 0 Å². The molecule has 2 unspecified atom stereocenters. The Morgan fingerprint density at radius 1 is 0.971 bits per heavy atom. The normalized spacial score (nSPS) is 15.9. The van der Waals surface area contributed by atoms with Crippen LogP contribution in [0.2, 0.25) is 0 Å². The van der Waals surface area contributed by atoms with Crippen molar-refractivity contribution in [1.82, 2.24) is 14.8 Å². The van der Waals surface area contributed by atoms with E-state index in [-0.39, 0.29) is 17.9 Å². The summed E-state index contributed by atoms with van der Waals surface area (Å²) in [5, 5.41) is 1.06. The first-order chi connectivity index (χ1) is 17.0. The van der Waals surface area contributed by atoms with Crippen molar-refractivity contribution in [3.8, 4) is 11.3 Å². The second-order valence-electron chi connectivity index (χ2n) is 9.21. The number of carbonyl (C=O) groups is 2. The first-order valence-corrected chi connectivity index (χ1v) is 12.3. The summed E-state index contributed by atoms with van der Waals surface area (Å²) in [7, 11) is 0. The van der Waals surface area contributed by atoms with Gasteiger partial charge in [0.2, 0.25) is 5.91 Å². The summed E-state index contributed by atoms with van der Waals surface area (Å²) in [6.07, 6.45) is 0. The van der Waals surface area contributed by atoms with Gasteiger partial charge in [-0.25, -0.2) is 0 Å². The summed E-state index contributed by atoms with van der Waals surface area (Å²) < 4.78 is 0. The lowest BCUT2D eigenvalue weighted by molar-refractivity contribution is -0.135. The van der Waals surface area contributed by atoms with Crippen molar-refractivity contribution in [3.63, 3.8) is 0 Å². The number of nitrogens with zero attached hydrogens (tertiary/aromatic N) is 2. The van der Waals surface area contributed by atoms with E-state index in [2.05, 4.69) is 48.3 Å². The highest BCUT2D eigenvalue weighted by atomic mass is 16.2. The lowest BCUT2D eigenvalue weighted by Crippen LogP contribution is -2.48. The van der Waals surface area contributed by atoms with Gasteiger partial charge in [0, 0.05) is 35.1 Å². The molecule has 2 amide bonds. The minimum Gasteiger partial charge on any atom is -0.354 e. The zero-order valence-electron chi connectivity index (χ0n) is 20.7. The molecule has 5 heteroatoms. The molecule has 0 spiro atoms.